The number of fused-ring (bicyclic) bond motifs is 2. The van der Waals surface area contributed by atoms with Crippen LogP contribution in [0, 0.1) is 18.6 Å². The van der Waals surface area contributed by atoms with Crippen molar-refractivity contribution in [3.8, 4) is 5.69 Å². The Kier molecular flexibility index (Phi) is 4.67. The first-order valence-electron chi connectivity index (χ1n) is 9.85. The molecule has 0 fully saturated rings. The summed E-state index contributed by atoms with van der Waals surface area (Å²) < 4.78 is 36.2. The quantitative estimate of drug-likeness (QED) is 0.434. The number of carbonyl (C=O) groups excluding carboxylic acids is 1. The van der Waals surface area contributed by atoms with Crippen molar-refractivity contribution >= 4 is 28.5 Å². The number of hydrogen-bond donors (Lipinski definition) is 0. The van der Waals surface area contributed by atoms with Gasteiger partial charge < -0.3 is 18.5 Å². The van der Waals surface area contributed by atoms with E-state index in [-0.39, 0.29) is 46.9 Å². The number of pyridine rings is 1. The lowest BCUT2D eigenvalue weighted by molar-refractivity contribution is 0.0590. The molecule has 0 N–H and O–H groups in total. The first-order valence-corrected chi connectivity index (χ1v) is 10.2. The maximum Gasteiger partial charge on any atom is 0.275 e. The van der Waals surface area contributed by atoms with Crippen molar-refractivity contribution in [3.63, 3.8) is 0 Å². The third-order valence-corrected chi connectivity index (χ3v) is 6.00. The Morgan fingerprint density at radius 3 is 2.75 bits per heavy atom. The molecule has 1 aliphatic rings. The summed E-state index contributed by atoms with van der Waals surface area (Å²) in [5.41, 5.74) is 1.36. The van der Waals surface area contributed by atoms with Crippen LogP contribution in [-0.2, 0) is 13.1 Å². The molecule has 0 aliphatic carbocycles. The highest BCUT2D eigenvalue weighted by Gasteiger charge is 2.32. The highest BCUT2D eigenvalue weighted by molar-refractivity contribution is 6.31. The maximum atomic E-state index is 14.1. The van der Waals surface area contributed by atoms with Gasteiger partial charge in [-0.1, -0.05) is 11.6 Å². The maximum absolute atomic E-state index is 14.1. The van der Waals surface area contributed by atoms with Crippen molar-refractivity contribution in [2.75, 3.05) is 0 Å². The van der Waals surface area contributed by atoms with Crippen LogP contribution >= 0.6 is 11.6 Å². The number of benzene rings is 1. The molecule has 4 aromatic rings. The molecule has 0 radical (unpaired) electrons. The van der Waals surface area contributed by atoms with Gasteiger partial charge in [0.05, 0.1) is 29.9 Å². The number of nitrogens with zero attached hydrogens (tertiary/aromatic N) is 4. The fourth-order valence-corrected chi connectivity index (χ4v) is 4.25. The summed E-state index contributed by atoms with van der Waals surface area (Å²) >= 11 is 5.79. The van der Waals surface area contributed by atoms with Crippen LogP contribution in [-0.4, -0.2) is 31.0 Å². The number of rotatable bonds is 3. The molecule has 0 bridgehead atoms. The van der Waals surface area contributed by atoms with Gasteiger partial charge in [-0.15, -0.1) is 0 Å². The largest absolute Gasteiger partial charge is 0.461 e. The van der Waals surface area contributed by atoms with Crippen molar-refractivity contribution in [1.82, 2.24) is 19.0 Å². The second kappa shape index (κ2) is 7.30. The lowest BCUT2D eigenvalue weighted by Gasteiger charge is -2.35. The molecule has 3 aromatic heterocycles. The fourth-order valence-electron chi connectivity index (χ4n) is 4.05. The molecule has 1 amide bonds. The van der Waals surface area contributed by atoms with Crippen LogP contribution in [0.5, 0.6) is 0 Å². The third-order valence-electron chi connectivity index (χ3n) is 5.73. The Balaban J connectivity index is 1.52. The Labute approximate surface area is 185 Å². The van der Waals surface area contributed by atoms with Crippen LogP contribution in [0.4, 0.5) is 8.78 Å². The topological polar surface area (TPSA) is 73.3 Å². The van der Waals surface area contributed by atoms with Crippen molar-refractivity contribution in [2.24, 2.45) is 0 Å². The summed E-state index contributed by atoms with van der Waals surface area (Å²) in [5, 5.41) is -0.0717. The van der Waals surface area contributed by atoms with Crippen molar-refractivity contribution in [2.45, 2.75) is 33.0 Å². The minimum Gasteiger partial charge on any atom is -0.461 e. The van der Waals surface area contributed by atoms with Crippen molar-refractivity contribution in [3.05, 3.63) is 80.9 Å². The number of carbonyl (C=O) groups is 1. The molecule has 0 spiro atoms. The van der Waals surface area contributed by atoms with Gasteiger partial charge in [0, 0.05) is 29.7 Å². The average Bonchev–Trinajstić information content (AvgIpc) is 3.36. The standard InChI is InChI=1S/C22H17ClF2N4O3/c1-11-6-27(10-26-11)16-3-4-17-22(31)28(12(2)7-29(17)21(16)30)8-13-9-32-20-14(13)5-15(23)18(24)19(20)25/h3-6,9-10,12H,7-8H2,1-2H3/t12-/m1/s1. The summed E-state index contributed by atoms with van der Waals surface area (Å²) in [6.45, 7) is 4.01. The molecular weight excluding hydrogens is 442 g/mol. The summed E-state index contributed by atoms with van der Waals surface area (Å²) in [4.78, 5) is 32.0. The van der Waals surface area contributed by atoms with Gasteiger partial charge in [-0.2, -0.15) is 4.39 Å². The van der Waals surface area contributed by atoms with E-state index in [1.54, 1.807) is 34.1 Å². The molecule has 164 valence electrons. The molecule has 7 nitrogen and oxygen atoms in total. The van der Waals surface area contributed by atoms with Gasteiger partial charge in [-0.25, -0.2) is 9.37 Å². The zero-order valence-electron chi connectivity index (χ0n) is 17.1. The third kappa shape index (κ3) is 3.03. The molecule has 0 saturated carbocycles. The molecule has 0 saturated heterocycles. The molecule has 1 aromatic carbocycles. The second-order valence-electron chi connectivity index (χ2n) is 7.85. The molecule has 1 aliphatic heterocycles. The predicted molar refractivity (Wildman–Crippen MR) is 113 cm³/mol. The second-order valence-corrected chi connectivity index (χ2v) is 8.26. The van der Waals surface area contributed by atoms with E-state index in [1.807, 2.05) is 13.8 Å². The number of amides is 1. The van der Waals surface area contributed by atoms with Crippen LogP contribution in [0.2, 0.25) is 5.02 Å². The monoisotopic (exact) mass is 458 g/mol. The first kappa shape index (κ1) is 20.4. The zero-order chi connectivity index (χ0) is 22.7. The average molecular weight is 459 g/mol. The molecule has 1 atom stereocenters. The van der Waals surface area contributed by atoms with E-state index in [2.05, 4.69) is 4.98 Å². The van der Waals surface area contributed by atoms with Crippen LogP contribution in [0.3, 0.4) is 0 Å². The number of aryl methyl sites for hydroxylation is 1. The van der Waals surface area contributed by atoms with Gasteiger partial charge in [0.1, 0.15) is 11.4 Å². The van der Waals surface area contributed by atoms with E-state index in [1.165, 1.54) is 16.9 Å². The Morgan fingerprint density at radius 1 is 1.25 bits per heavy atom. The number of imidazole rings is 1. The van der Waals surface area contributed by atoms with Gasteiger partial charge in [0.2, 0.25) is 5.82 Å². The Morgan fingerprint density at radius 2 is 2.03 bits per heavy atom. The molecule has 4 heterocycles. The van der Waals surface area contributed by atoms with E-state index >= 15 is 0 Å². The SMILES string of the molecule is Cc1cn(-c2ccc3n(c2=O)C[C@@H](C)N(Cc2coc4c(F)c(F)c(Cl)cc24)C3=O)cn1. The number of aromatic nitrogens is 3. The van der Waals surface area contributed by atoms with E-state index in [0.717, 1.165) is 5.69 Å². The van der Waals surface area contributed by atoms with Crippen LogP contribution in [0.1, 0.15) is 28.7 Å². The van der Waals surface area contributed by atoms with Crippen LogP contribution in [0.15, 0.2) is 46.2 Å². The first-order chi connectivity index (χ1) is 15.3. The van der Waals surface area contributed by atoms with Crippen LogP contribution in [0.25, 0.3) is 16.7 Å². The Hall–Kier alpha value is -3.46. The van der Waals surface area contributed by atoms with E-state index in [9.17, 15) is 18.4 Å². The lowest BCUT2D eigenvalue weighted by Crippen LogP contribution is -2.49. The van der Waals surface area contributed by atoms with E-state index in [4.69, 9.17) is 16.0 Å². The van der Waals surface area contributed by atoms with Crippen molar-refractivity contribution < 1.29 is 18.0 Å². The van der Waals surface area contributed by atoms with Gasteiger partial charge in [-0.3, -0.25) is 9.59 Å². The van der Waals surface area contributed by atoms with E-state index in [0.29, 0.717) is 16.6 Å². The molecule has 5 rings (SSSR count). The van der Waals surface area contributed by atoms with Crippen molar-refractivity contribution in [1.29, 1.82) is 0 Å². The zero-order valence-corrected chi connectivity index (χ0v) is 17.9. The summed E-state index contributed by atoms with van der Waals surface area (Å²) in [7, 11) is 0. The summed E-state index contributed by atoms with van der Waals surface area (Å²) in [6.07, 6.45) is 4.58. The van der Waals surface area contributed by atoms with Crippen LogP contribution < -0.4 is 5.56 Å². The molecular formula is C22H17ClF2N4O3. The van der Waals surface area contributed by atoms with Gasteiger partial charge in [0.15, 0.2) is 11.4 Å². The minimum atomic E-state index is -1.18. The Bertz CT molecular complexity index is 1460. The normalized spacial score (nSPS) is 16.1. The lowest BCUT2D eigenvalue weighted by atomic mass is 10.1. The molecule has 10 heteroatoms. The number of halogens is 3. The van der Waals surface area contributed by atoms with Gasteiger partial charge >= 0.3 is 0 Å². The highest BCUT2D eigenvalue weighted by Crippen LogP contribution is 2.32. The molecule has 32 heavy (non-hydrogen) atoms. The smallest absolute Gasteiger partial charge is 0.275 e. The fraction of sp³-hybridized carbons (Fsp3) is 0.227. The predicted octanol–water partition coefficient (Wildman–Crippen LogP) is 4.06. The minimum absolute atomic E-state index is 0.0884. The number of hydrogen-bond acceptors (Lipinski definition) is 4. The summed E-state index contributed by atoms with van der Waals surface area (Å²) in [5.74, 6) is -2.70. The number of furan rings is 1. The van der Waals surface area contributed by atoms with Gasteiger partial charge in [0.25, 0.3) is 11.5 Å². The molecule has 0 unspecified atom stereocenters. The highest BCUT2D eigenvalue weighted by atomic mass is 35.5. The van der Waals surface area contributed by atoms with E-state index < -0.39 is 11.6 Å². The summed E-state index contributed by atoms with van der Waals surface area (Å²) in [6, 6.07) is 4.14. The van der Waals surface area contributed by atoms with Gasteiger partial charge in [-0.05, 0) is 32.0 Å².